The Balaban J connectivity index is 0.000000980. The Morgan fingerprint density at radius 1 is 1.13 bits per heavy atom. The van der Waals surface area contributed by atoms with Crippen molar-refractivity contribution in [3.63, 3.8) is 0 Å². The number of imidazole rings is 1. The zero-order valence-electron chi connectivity index (χ0n) is 7.83. The topological polar surface area (TPSA) is 57.9 Å². The number of halogens is 2. The van der Waals surface area contributed by atoms with Gasteiger partial charge in [-0.25, -0.2) is 10.8 Å². The number of aromatic amines is 1. The molecule has 1 heterocycles. The smallest absolute Gasteiger partial charge is 0.165 e. The number of nitrogens with two attached hydrogens (primary N) is 1. The lowest BCUT2D eigenvalue weighted by atomic mass is 10.3. The number of anilines is 2. The average Bonchev–Trinajstić information content (AvgIpc) is 2.71. The van der Waals surface area contributed by atoms with Gasteiger partial charge in [-0.3, -0.25) is 5.01 Å². The number of hydrogen-bond donors (Lipinski definition) is 2. The van der Waals surface area contributed by atoms with Gasteiger partial charge in [0, 0.05) is 6.20 Å². The fourth-order valence-corrected chi connectivity index (χ4v) is 1.11. The fraction of sp³-hybridized carbons (Fsp3) is 0. The molecule has 0 bridgehead atoms. The zero-order chi connectivity index (χ0) is 9.10. The third-order valence-electron chi connectivity index (χ3n) is 1.76. The predicted octanol–water partition coefficient (Wildman–Crippen LogP) is 2.27. The van der Waals surface area contributed by atoms with Gasteiger partial charge in [-0.05, 0) is 12.1 Å². The molecule has 0 atom stereocenters. The normalized spacial score (nSPS) is 8.60. The standard InChI is InChI=1S/C9H10N4.2ClH/c10-13(9-6-11-7-12-9)8-4-2-1-3-5-8;;/h1-7H,10H2,(H,11,12);2*1H. The van der Waals surface area contributed by atoms with E-state index in [1.807, 2.05) is 30.3 Å². The van der Waals surface area contributed by atoms with Crippen molar-refractivity contribution >= 4 is 36.3 Å². The first kappa shape index (κ1) is 13.8. The van der Waals surface area contributed by atoms with Gasteiger partial charge in [0.05, 0.1) is 12.0 Å². The summed E-state index contributed by atoms with van der Waals surface area (Å²) in [5.74, 6) is 6.51. The van der Waals surface area contributed by atoms with Gasteiger partial charge in [-0.1, -0.05) is 18.2 Å². The summed E-state index contributed by atoms with van der Waals surface area (Å²) in [6.45, 7) is 0. The zero-order valence-corrected chi connectivity index (χ0v) is 9.46. The van der Waals surface area contributed by atoms with Gasteiger partial charge in [0.1, 0.15) is 0 Å². The SMILES string of the molecule is Cl.Cl.NN(c1ccccc1)c1c[nH]cn1. The Morgan fingerprint density at radius 2 is 1.80 bits per heavy atom. The summed E-state index contributed by atoms with van der Waals surface area (Å²) in [7, 11) is 0. The van der Waals surface area contributed by atoms with E-state index in [4.69, 9.17) is 5.84 Å². The van der Waals surface area contributed by atoms with E-state index in [9.17, 15) is 0 Å². The predicted molar refractivity (Wildman–Crippen MR) is 65.9 cm³/mol. The quantitative estimate of drug-likeness (QED) is 0.632. The van der Waals surface area contributed by atoms with Gasteiger partial charge in [0.15, 0.2) is 5.82 Å². The van der Waals surface area contributed by atoms with Crippen molar-refractivity contribution in [1.29, 1.82) is 0 Å². The molecule has 0 aliphatic carbocycles. The second-order valence-electron chi connectivity index (χ2n) is 2.63. The first-order valence-electron chi connectivity index (χ1n) is 3.96. The summed E-state index contributed by atoms with van der Waals surface area (Å²) in [6.07, 6.45) is 3.34. The number of benzene rings is 1. The lowest BCUT2D eigenvalue weighted by Crippen LogP contribution is -2.24. The molecule has 0 amide bonds. The van der Waals surface area contributed by atoms with Crippen molar-refractivity contribution in [2.75, 3.05) is 5.01 Å². The molecule has 2 rings (SSSR count). The van der Waals surface area contributed by atoms with Crippen molar-refractivity contribution in [3.8, 4) is 0 Å². The number of para-hydroxylation sites is 1. The van der Waals surface area contributed by atoms with Crippen LogP contribution in [0, 0.1) is 0 Å². The van der Waals surface area contributed by atoms with E-state index >= 15 is 0 Å². The van der Waals surface area contributed by atoms with Crippen LogP contribution in [-0.4, -0.2) is 9.97 Å². The van der Waals surface area contributed by atoms with E-state index in [0.717, 1.165) is 5.69 Å². The van der Waals surface area contributed by atoms with Gasteiger partial charge < -0.3 is 4.98 Å². The fourth-order valence-electron chi connectivity index (χ4n) is 1.11. The molecule has 3 N–H and O–H groups in total. The van der Waals surface area contributed by atoms with Gasteiger partial charge in [-0.15, -0.1) is 24.8 Å². The molecule has 0 aliphatic heterocycles. The molecule has 4 nitrogen and oxygen atoms in total. The summed E-state index contributed by atoms with van der Waals surface area (Å²) in [5, 5.41) is 1.52. The summed E-state index contributed by atoms with van der Waals surface area (Å²) >= 11 is 0. The van der Waals surface area contributed by atoms with E-state index in [1.165, 1.54) is 5.01 Å². The van der Waals surface area contributed by atoms with Crippen LogP contribution in [0.4, 0.5) is 11.5 Å². The Hall–Kier alpha value is -1.23. The molecule has 1 aromatic carbocycles. The third kappa shape index (κ3) is 3.13. The molecule has 0 spiro atoms. The van der Waals surface area contributed by atoms with E-state index < -0.39 is 0 Å². The monoisotopic (exact) mass is 246 g/mol. The average molecular weight is 247 g/mol. The summed E-state index contributed by atoms with van der Waals surface area (Å²) in [6, 6.07) is 9.66. The van der Waals surface area contributed by atoms with Crippen LogP contribution in [0.3, 0.4) is 0 Å². The summed E-state index contributed by atoms with van der Waals surface area (Å²) in [5.41, 5.74) is 0.912. The molecular weight excluding hydrogens is 235 g/mol. The first-order valence-corrected chi connectivity index (χ1v) is 3.96. The van der Waals surface area contributed by atoms with Gasteiger partial charge in [0.25, 0.3) is 0 Å². The number of aromatic nitrogens is 2. The minimum absolute atomic E-state index is 0. The summed E-state index contributed by atoms with van der Waals surface area (Å²) < 4.78 is 0. The molecule has 82 valence electrons. The Labute approximate surface area is 100 Å². The highest BCUT2D eigenvalue weighted by Crippen LogP contribution is 2.17. The molecule has 15 heavy (non-hydrogen) atoms. The van der Waals surface area contributed by atoms with Gasteiger partial charge >= 0.3 is 0 Å². The minimum Gasteiger partial charge on any atom is -0.349 e. The molecular formula is C9H12Cl2N4. The lowest BCUT2D eigenvalue weighted by molar-refractivity contribution is 1.05. The Bertz CT molecular complexity index is 363. The maximum absolute atomic E-state index is 5.81. The Morgan fingerprint density at radius 3 is 2.33 bits per heavy atom. The molecule has 0 saturated heterocycles. The van der Waals surface area contributed by atoms with Gasteiger partial charge in [0.2, 0.25) is 0 Å². The van der Waals surface area contributed by atoms with Crippen LogP contribution in [0.2, 0.25) is 0 Å². The van der Waals surface area contributed by atoms with E-state index in [2.05, 4.69) is 9.97 Å². The second-order valence-corrected chi connectivity index (χ2v) is 2.63. The number of rotatable bonds is 2. The van der Waals surface area contributed by atoms with Crippen molar-refractivity contribution in [2.45, 2.75) is 0 Å². The van der Waals surface area contributed by atoms with Crippen molar-refractivity contribution in [1.82, 2.24) is 9.97 Å². The molecule has 0 unspecified atom stereocenters. The molecule has 0 saturated carbocycles. The molecule has 6 heteroatoms. The van der Waals surface area contributed by atoms with E-state index in [-0.39, 0.29) is 24.8 Å². The number of hydrazine groups is 1. The third-order valence-corrected chi connectivity index (χ3v) is 1.76. The summed E-state index contributed by atoms with van der Waals surface area (Å²) in [4.78, 5) is 6.89. The maximum Gasteiger partial charge on any atom is 0.165 e. The lowest BCUT2D eigenvalue weighted by Gasteiger charge is -2.14. The maximum atomic E-state index is 5.81. The van der Waals surface area contributed by atoms with Crippen LogP contribution in [0.1, 0.15) is 0 Å². The van der Waals surface area contributed by atoms with Crippen molar-refractivity contribution in [2.24, 2.45) is 5.84 Å². The molecule has 1 aromatic heterocycles. The molecule has 0 fully saturated rings. The van der Waals surface area contributed by atoms with Crippen LogP contribution in [0.25, 0.3) is 0 Å². The number of nitrogens with one attached hydrogen (secondary N) is 1. The van der Waals surface area contributed by atoms with Crippen LogP contribution in [-0.2, 0) is 0 Å². The van der Waals surface area contributed by atoms with Crippen molar-refractivity contribution in [3.05, 3.63) is 42.9 Å². The van der Waals surface area contributed by atoms with Crippen LogP contribution in [0.15, 0.2) is 42.9 Å². The molecule has 0 aliphatic rings. The van der Waals surface area contributed by atoms with Crippen LogP contribution >= 0.6 is 24.8 Å². The largest absolute Gasteiger partial charge is 0.349 e. The van der Waals surface area contributed by atoms with Crippen LogP contribution in [0.5, 0.6) is 0 Å². The highest BCUT2D eigenvalue weighted by atomic mass is 35.5. The molecule has 0 radical (unpaired) electrons. The second kappa shape index (κ2) is 6.29. The number of hydrogen-bond acceptors (Lipinski definition) is 3. The number of nitrogens with zero attached hydrogens (tertiary/aromatic N) is 2. The molecule has 2 aromatic rings. The highest BCUT2D eigenvalue weighted by Gasteiger charge is 2.03. The minimum atomic E-state index is 0. The van der Waals surface area contributed by atoms with E-state index in [0.29, 0.717) is 5.82 Å². The highest BCUT2D eigenvalue weighted by molar-refractivity contribution is 5.85. The van der Waals surface area contributed by atoms with E-state index in [1.54, 1.807) is 12.5 Å². The Kier molecular flexibility index (Phi) is 5.77. The van der Waals surface area contributed by atoms with Crippen molar-refractivity contribution < 1.29 is 0 Å². The van der Waals surface area contributed by atoms with Crippen LogP contribution < -0.4 is 10.9 Å². The van der Waals surface area contributed by atoms with Gasteiger partial charge in [-0.2, -0.15) is 0 Å². The first-order chi connectivity index (χ1) is 6.38. The number of H-pyrrole nitrogens is 1.